The molecule has 0 spiro atoms. The standard InChI is InChI=1S/C15H22F3N3/c1-4-11-9-20-14(3,5-2)10-21(11)12-6-7-13(19-8-12)15(16,17)18/h6-8,11,20H,4-5,9-10H2,1-3H3. The number of hydrogen-bond acceptors (Lipinski definition) is 3. The molecule has 0 aliphatic carbocycles. The fourth-order valence-electron chi connectivity index (χ4n) is 2.66. The smallest absolute Gasteiger partial charge is 0.364 e. The van der Waals surface area contributed by atoms with E-state index in [0.717, 1.165) is 37.7 Å². The van der Waals surface area contributed by atoms with Crippen LogP contribution in [0.2, 0.25) is 0 Å². The minimum absolute atomic E-state index is 0.0195. The van der Waals surface area contributed by atoms with E-state index >= 15 is 0 Å². The third kappa shape index (κ3) is 3.48. The molecule has 6 heteroatoms. The highest BCUT2D eigenvalue weighted by Crippen LogP contribution is 2.30. The van der Waals surface area contributed by atoms with E-state index in [4.69, 9.17) is 0 Å². The van der Waals surface area contributed by atoms with Crippen molar-refractivity contribution in [3.05, 3.63) is 24.0 Å². The van der Waals surface area contributed by atoms with Crippen molar-refractivity contribution in [2.75, 3.05) is 18.0 Å². The third-order valence-electron chi connectivity index (χ3n) is 4.35. The van der Waals surface area contributed by atoms with Crippen LogP contribution < -0.4 is 10.2 Å². The Labute approximate surface area is 123 Å². The lowest BCUT2D eigenvalue weighted by atomic mass is 9.92. The van der Waals surface area contributed by atoms with Crippen molar-refractivity contribution in [1.29, 1.82) is 0 Å². The molecule has 21 heavy (non-hydrogen) atoms. The molecule has 1 aromatic rings. The van der Waals surface area contributed by atoms with Crippen LogP contribution in [-0.4, -0.2) is 29.7 Å². The summed E-state index contributed by atoms with van der Waals surface area (Å²) in [6, 6.07) is 2.87. The van der Waals surface area contributed by atoms with Gasteiger partial charge in [-0.2, -0.15) is 13.2 Å². The number of piperazine rings is 1. The van der Waals surface area contributed by atoms with E-state index in [2.05, 4.69) is 36.0 Å². The van der Waals surface area contributed by atoms with Gasteiger partial charge in [-0.05, 0) is 31.9 Å². The largest absolute Gasteiger partial charge is 0.433 e. The van der Waals surface area contributed by atoms with Crippen molar-refractivity contribution in [2.45, 2.75) is 51.4 Å². The van der Waals surface area contributed by atoms with Gasteiger partial charge in [-0.1, -0.05) is 13.8 Å². The third-order valence-corrected chi connectivity index (χ3v) is 4.35. The summed E-state index contributed by atoms with van der Waals surface area (Å²) in [5.74, 6) is 0. The van der Waals surface area contributed by atoms with Gasteiger partial charge < -0.3 is 10.2 Å². The molecule has 0 aromatic carbocycles. The molecule has 1 aliphatic heterocycles. The number of aromatic nitrogens is 1. The molecular formula is C15H22F3N3. The van der Waals surface area contributed by atoms with Crippen molar-refractivity contribution in [2.24, 2.45) is 0 Å². The zero-order chi connectivity index (χ0) is 15.7. The molecule has 1 saturated heterocycles. The lowest BCUT2D eigenvalue weighted by molar-refractivity contribution is -0.141. The van der Waals surface area contributed by atoms with Crippen molar-refractivity contribution >= 4 is 5.69 Å². The van der Waals surface area contributed by atoms with Crippen LogP contribution in [0.4, 0.5) is 18.9 Å². The Balaban J connectivity index is 2.24. The van der Waals surface area contributed by atoms with Gasteiger partial charge in [0, 0.05) is 24.7 Å². The zero-order valence-electron chi connectivity index (χ0n) is 12.7. The quantitative estimate of drug-likeness (QED) is 0.927. The molecule has 3 nitrogen and oxygen atoms in total. The number of rotatable bonds is 3. The molecule has 0 radical (unpaired) electrons. The molecule has 0 saturated carbocycles. The SMILES string of the molecule is CCC1CNC(C)(CC)CN1c1ccc(C(F)(F)F)nc1. The molecule has 0 amide bonds. The van der Waals surface area contributed by atoms with Gasteiger partial charge in [-0.3, -0.25) is 0 Å². The fourth-order valence-corrected chi connectivity index (χ4v) is 2.66. The number of halogens is 3. The normalized spacial score (nSPS) is 27.0. The van der Waals surface area contributed by atoms with Crippen molar-refractivity contribution in [3.8, 4) is 0 Å². The van der Waals surface area contributed by atoms with Crippen LogP contribution in [0.5, 0.6) is 0 Å². The van der Waals surface area contributed by atoms with Crippen LogP contribution in [-0.2, 0) is 6.18 Å². The number of alkyl halides is 3. The minimum Gasteiger partial charge on any atom is -0.364 e. The van der Waals surface area contributed by atoms with Crippen LogP contribution in [0.3, 0.4) is 0 Å². The first-order valence-corrected chi connectivity index (χ1v) is 7.34. The van der Waals surface area contributed by atoms with Gasteiger partial charge in [-0.15, -0.1) is 0 Å². The van der Waals surface area contributed by atoms with E-state index in [1.807, 2.05) is 0 Å². The van der Waals surface area contributed by atoms with E-state index in [-0.39, 0.29) is 11.6 Å². The molecule has 0 bridgehead atoms. The van der Waals surface area contributed by atoms with E-state index in [0.29, 0.717) is 0 Å². The highest BCUT2D eigenvalue weighted by atomic mass is 19.4. The lowest BCUT2D eigenvalue weighted by Gasteiger charge is -2.47. The first-order valence-electron chi connectivity index (χ1n) is 7.34. The van der Waals surface area contributed by atoms with Crippen LogP contribution in [0.25, 0.3) is 0 Å². The molecule has 1 aromatic heterocycles. The predicted octanol–water partition coefficient (Wildman–Crippen LogP) is 3.46. The molecule has 118 valence electrons. The summed E-state index contributed by atoms with van der Waals surface area (Å²) in [4.78, 5) is 5.75. The van der Waals surface area contributed by atoms with Crippen molar-refractivity contribution < 1.29 is 13.2 Å². The van der Waals surface area contributed by atoms with E-state index in [1.54, 1.807) is 0 Å². The van der Waals surface area contributed by atoms with Gasteiger partial charge in [0.15, 0.2) is 0 Å². The summed E-state index contributed by atoms with van der Waals surface area (Å²) in [5.41, 5.74) is -0.0994. The Bertz CT molecular complexity index is 472. The maximum atomic E-state index is 12.6. The highest BCUT2D eigenvalue weighted by molar-refractivity contribution is 5.47. The molecule has 1 fully saturated rings. The van der Waals surface area contributed by atoms with E-state index < -0.39 is 11.9 Å². The zero-order valence-corrected chi connectivity index (χ0v) is 12.7. The van der Waals surface area contributed by atoms with E-state index in [1.165, 1.54) is 12.3 Å². The Morgan fingerprint density at radius 1 is 1.38 bits per heavy atom. The number of nitrogens with zero attached hydrogens (tertiary/aromatic N) is 2. The van der Waals surface area contributed by atoms with Crippen LogP contribution in [0, 0.1) is 0 Å². The van der Waals surface area contributed by atoms with E-state index in [9.17, 15) is 13.2 Å². The first-order chi connectivity index (χ1) is 9.79. The van der Waals surface area contributed by atoms with Gasteiger partial charge in [0.2, 0.25) is 0 Å². The predicted molar refractivity (Wildman–Crippen MR) is 77.4 cm³/mol. The summed E-state index contributed by atoms with van der Waals surface area (Å²) >= 11 is 0. The number of nitrogens with one attached hydrogen (secondary N) is 1. The first kappa shape index (κ1) is 16.1. The van der Waals surface area contributed by atoms with Crippen LogP contribution >= 0.6 is 0 Å². The fraction of sp³-hybridized carbons (Fsp3) is 0.667. The van der Waals surface area contributed by atoms with Crippen LogP contribution in [0.15, 0.2) is 18.3 Å². The summed E-state index contributed by atoms with van der Waals surface area (Å²) < 4.78 is 37.8. The molecule has 1 aliphatic rings. The summed E-state index contributed by atoms with van der Waals surface area (Å²) in [5, 5.41) is 3.54. The second-order valence-electron chi connectivity index (χ2n) is 5.88. The van der Waals surface area contributed by atoms with Crippen molar-refractivity contribution in [3.63, 3.8) is 0 Å². The van der Waals surface area contributed by atoms with Gasteiger partial charge in [-0.25, -0.2) is 4.98 Å². The summed E-state index contributed by atoms with van der Waals surface area (Å²) in [6.07, 6.45) is -1.14. The van der Waals surface area contributed by atoms with Crippen LogP contribution in [0.1, 0.15) is 39.3 Å². The maximum absolute atomic E-state index is 12.6. The lowest BCUT2D eigenvalue weighted by Crippen LogP contribution is -2.62. The maximum Gasteiger partial charge on any atom is 0.433 e. The molecule has 2 atom stereocenters. The molecular weight excluding hydrogens is 279 g/mol. The van der Waals surface area contributed by atoms with Gasteiger partial charge in [0.05, 0.1) is 11.9 Å². The number of hydrogen-bond donors (Lipinski definition) is 1. The molecule has 2 unspecified atom stereocenters. The van der Waals surface area contributed by atoms with Gasteiger partial charge in [0.1, 0.15) is 5.69 Å². The average Bonchev–Trinajstić information content (AvgIpc) is 2.46. The monoisotopic (exact) mass is 301 g/mol. The Morgan fingerprint density at radius 3 is 2.57 bits per heavy atom. The average molecular weight is 301 g/mol. The molecule has 2 heterocycles. The highest BCUT2D eigenvalue weighted by Gasteiger charge is 2.35. The molecule has 2 rings (SSSR count). The second-order valence-corrected chi connectivity index (χ2v) is 5.88. The van der Waals surface area contributed by atoms with Crippen molar-refractivity contribution in [1.82, 2.24) is 10.3 Å². The van der Waals surface area contributed by atoms with Gasteiger partial charge in [0.25, 0.3) is 0 Å². The minimum atomic E-state index is -4.38. The number of anilines is 1. The number of pyridine rings is 1. The summed E-state index contributed by atoms with van der Waals surface area (Å²) in [7, 11) is 0. The second kappa shape index (κ2) is 5.83. The summed E-state index contributed by atoms with van der Waals surface area (Å²) in [6.45, 7) is 7.95. The molecule has 1 N–H and O–H groups in total. The Hall–Kier alpha value is -1.30. The Kier molecular flexibility index (Phi) is 4.46. The van der Waals surface area contributed by atoms with Gasteiger partial charge >= 0.3 is 6.18 Å². The Morgan fingerprint density at radius 2 is 2.10 bits per heavy atom. The topological polar surface area (TPSA) is 28.2 Å².